The Morgan fingerprint density at radius 1 is 0.694 bits per heavy atom. The van der Waals surface area contributed by atoms with Crippen LogP contribution in [0.4, 0.5) is 5.69 Å². The Kier molecular flexibility index (Phi) is 6.71. The van der Waals surface area contributed by atoms with Crippen LogP contribution in [0, 0.1) is 10.1 Å². The zero-order chi connectivity index (χ0) is 24.5. The summed E-state index contributed by atoms with van der Waals surface area (Å²) in [6.45, 7) is 0. The molecule has 0 aliphatic carbocycles. The second kappa shape index (κ2) is 10.3. The van der Waals surface area contributed by atoms with Gasteiger partial charge in [-0.05, 0) is 72.9 Å². The summed E-state index contributed by atoms with van der Waals surface area (Å²) < 4.78 is 2.64. The molecule has 0 amide bonds. The molecule has 3 nitrogen and oxygen atoms in total. The second-order valence-electron chi connectivity index (χ2n) is 8.22. The van der Waals surface area contributed by atoms with Crippen LogP contribution in [0.15, 0.2) is 94.4 Å². The van der Waals surface area contributed by atoms with E-state index in [0.29, 0.717) is 0 Å². The average Bonchev–Trinajstić information content (AvgIpc) is 3.62. The van der Waals surface area contributed by atoms with Gasteiger partial charge in [0.05, 0.1) is 13.4 Å². The van der Waals surface area contributed by atoms with Crippen molar-refractivity contribution in [2.45, 2.75) is 6.42 Å². The van der Waals surface area contributed by atoms with Crippen molar-refractivity contribution < 1.29 is 4.92 Å². The molecular formula is C29H19NO2S4. The Morgan fingerprint density at radius 2 is 1.25 bits per heavy atom. The molecule has 176 valence electrons. The van der Waals surface area contributed by atoms with Gasteiger partial charge in [0.25, 0.3) is 5.69 Å². The number of rotatable bonds is 4. The van der Waals surface area contributed by atoms with E-state index in [-0.39, 0.29) is 10.6 Å². The van der Waals surface area contributed by atoms with Crippen LogP contribution < -0.4 is 10.4 Å². The number of allylic oxidation sites excluding steroid dienone is 1. The van der Waals surface area contributed by atoms with Gasteiger partial charge in [-0.15, -0.1) is 0 Å². The van der Waals surface area contributed by atoms with Gasteiger partial charge in [0, 0.05) is 22.6 Å². The van der Waals surface area contributed by atoms with Crippen molar-refractivity contribution in [3.05, 3.63) is 126 Å². The van der Waals surface area contributed by atoms with E-state index in [2.05, 4.69) is 70.2 Å². The van der Waals surface area contributed by atoms with Gasteiger partial charge in [0.15, 0.2) is 0 Å². The number of nitro benzene ring substituents is 1. The molecule has 0 aromatic heterocycles. The Balaban J connectivity index is 1.50. The molecule has 0 fully saturated rings. The molecule has 2 heterocycles. The number of thioether (sulfide) groups is 4. The standard InChI is InChI=1S/C29H19NO2S4/c31-30(32)21-11-8-19(9-12-21)4-3-5-20-10-13-24-25(18-20)27(29-35-16-17-36-29)23-7-2-1-6-22(23)26(24)28-33-14-15-34-28/h1-4,6-18H,5H2/b4-3+. The Labute approximate surface area is 225 Å². The lowest BCUT2D eigenvalue weighted by Crippen LogP contribution is -2.17. The number of nitrogens with zero attached hydrogens (tertiary/aromatic N) is 1. The first kappa shape index (κ1) is 23.6. The van der Waals surface area contributed by atoms with Gasteiger partial charge in [-0.1, -0.05) is 102 Å². The van der Waals surface area contributed by atoms with Gasteiger partial charge in [0.1, 0.15) is 0 Å². The number of benzene rings is 4. The first-order chi connectivity index (χ1) is 17.7. The Hall–Kier alpha value is -2.84. The number of hydrogen-bond acceptors (Lipinski definition) is 6. The molecule has 0 radical (unpaired) electrons. The van der Waals surface area contributed by atoms with Gasteiger partial charge in [-0.3, -0.25) is 10.1 Å². The normalized spacial score (nSPS) is 15.2. The third-order valence-corrected chi connectivity index (χ3v) is 10.3. The smallest absolute Gasteiger partial charge is 0.258 e. The molecule has 4 aromatic carbocycles. The third-order valence-electron chi connectivity index (χ3n) is 6.08. The maximum atomic E-state index is 10.9. The Bertz CT molecular complexity index is 1720. The van der Waals surface area contributed by atoms with Crippen molar-refractivity contribution in [3.8, 4) is 0 Å². The van der Waals surface area contributed by atoms with Crippen LogP contribution in [0.3, 0.4) is 0 Å². The number of non-ortho nitro benzene ring substituents is 1. The first-order valence-corrected chi connectivity index (χ1v) is 14.8. The summed E-state index contributed by atoms with van der Waals surface area (Å²) in [6, 6.07) is 22.3. The van der Waals surface area contributed by atoms with Crippen molar-refractivity contribution in [1.29, 1.82) is 0 Å². The van der Waals surface area contributed by atoms with E-state index in [1.54, 1.807) is 71.3 Å². The molecule has 0 bridgehead atoms. The topological polar surface area (TPSA) is 43.1 Å². The summed E-state index contributed by atoms with van der Waals surface area (Å²) in [5, 5.41) is 27.3. The largest absolute Gasteiger partial charge is 0.269 e. The molecule has 2 aliphatic rings. The maximum Gasteiger partial charge on any atom is 0.269 e. The van der Waals surface area contributed by atoms with Crippen LogP contribution >= 0.6 is 47.0 Å². The summed E-state index contributed by atoms with van der Waals surface area (Å²) in [5.41, 5.74) is 2.30. The van der Waals surface area contributed by atoms with Gasteiger partial charge in [-0.2, -0.15) is 0 Å². The van der Waals surface area contributed by atoms with Crippen LogP contribution in [0.5, 0.6) is 0 Å². The van der Waals surface area contributed by atoms with Crippen molar-refractivity contribution in [2.24, 2.45) is 0 Å². The van der Waals surface area contributed by atoms with Crippen LogP contribution in [-0.4, -0.2) is 4.92 Å². The molecular weight excluding hydrogens is 523 g/mol. The minimum absolute atomic E-state index is 0.110. The molecule has 36 heavy (non-hydrogen) atoms. The number of nitro groups is 1. The fourth-order valence-electron chi connectivity index (χ4n) is 4.48. The fraction of sp³-hybridized carbons (Fsp3) is 0.0345. The zero-order valence-electron chi connectivity index (χ0n) is 18.9. The molecule has 4 aromatic rings. The van der Waals surface area contributed by atoms with Crippen LogP contribution in [0.25, 0.3) is 36.1 Å². The van der Waals surface area contributed by atoms with Crippen LogP contribution in [-0.2, 0) is 6.42 Å². The highest BCUT2D eigenvalue weighted by molar-refractivity contribution is 8.35. The van der Waals surface area contributed by atoms with E-state index in [1.165, 1.54) is 46.0 Å². The predicted octanol–water partition coefficient (Wildman–Crippen LogP) is 8.19. The number of fused-ring (bicyclic) bond motifs is 2. The SMILES string of the molecule is O=[N+]([O-])c1ccc(/C=C/Cc2ccc3c(=C4SC=CS4)c4ccccc4c(=C4SC=CS4)c3c2)cc1. The van der Waals surface area contributed by atoms with Gasteiger partial charge in [-0.25, -0.2) is 0 Å². The fourth-order valence-corrected chi connectivity index (χ4v) is 8.33. The summed E-state index contributed by atoms with van der Waals surface area (Å²) in [6.07, 6.45) is 4.93. The monoisotopic (exact) mass is 541 g/mol. The molecule has 0 spiro atoms. The van der Waals surface area contributed by atoms with Crippen molar-refractivity contribution in [1.82, 2.24) is 0 Å². The lowest BCUT2D eigenvalue weighted by atomic mass is 9.96. The van der Waals surface area contributed by atoms with Crippen molar-refractivity contribution >= 4 is 88.8 Å². The van der Waals surface area contributed by atoms with Crippen LogP contribution in [0.1, 0.15) is 11.1 Å². The molecule has 7 heteroatoms. The predicted molar refractivity (Wildman–Crippen MR) is 162 cm³/mol. The highest BCUT2D eigenvalue weighted by atomic mass is 32.2. The van der Waals surface area contributed by atoms with E-state index in [4.69, 9.17) is 0 Å². The molecule has 0 saturated carbocycles. The minimum atomic E-state index is -0.372. The van der Waals surface area contributed by atoms with E-state index < -0.39 is 0 Å². The lowest BCUT2D eigenvalue weighted by molar-refractivity contribution is -0.384. The average molecular weight is 542 g/mol. The molecule has 2 aliphatic heterocycles. The molecule has 0 saturated heterocycles. The highest BCUT2D eigenvalue weighted by Crippen LogP contribution is 2.41. The molecule has 0 N–H and O–H groups in total. The Morgan fingerprint density at radius 3 is 1.83 bits per heavy atom. The lowest BCUT2D eigenvalue weighted by Gasteiger charge is -2.12. The van der Waals surface area contributed by atoms with E-state index in [9.17, 15) is 10.1 Å². The zero-order valence-corrected chi connectivity index (χ0v) is 22.2. The molecule has 0 atom stereocenters. The summed E-state index contributed by atoms with van der Waals surface area (Å²) in [4.78, 5) is 10.5. The molecule has 6 rings (SSSR count). The van der Waals surface area contributed by atoms with E-state index in [1.807, 2.05) is 6.08 Å². The van der Waals surface area contributed by atoms with E-state index >= 15 is 0 Å². The van der Waals surface area contributed by atoms with Crippen molar-refractivity contribution in [2.75, 3.05) is 0 Å². The second-order valence-corrected chi connectivity index (χ2v) is 12.4. The van der Waals surface area contributed by atoms with Gasteiger partial charge < -0.3 is 0 Å². The van der Waals surface area contributed by atoms with Crippen LogP contribution in [0.2, 0.25) is 0 Å². The summed E-state index contributed by atoms with van der Waals surface area (Å²) >= 11 is 7.19. The summed E-state index contributed by atoms with van der Waals surface area (Å²) in [7, 11) is 0. The van der Waals surface area contributed by atoms with Gasteiger partial charge >= 0.3 is 0 Å². The van der Waals surface area contributed by atoms with Crippen molar-refractivity contribution in [3.63, 3.8) is 0 Å². The summed E-state index contributed by atoms with van der Waals surface area (Å²) in [5.74, 6) is 0. The molecule has 0 unspecified atom stereocenters. The minimum Gasteiger partial charge on any atom is -0.258 e. The third kappa shape index (κ3) is 4.52. The first-order valence-electron chi connectivity index (χ1n) is 11.3. The maximum absolute atomic E-state index is 10.9. The number of hydrogen-bond donors (Lipinski definition) is 0. The van der Waals surface area contributed by atoms with E-state index in [0.717, 1.165) is 12.0 Å². The quantitative estimate of drug-likeness (QED) is 0.147. The van der Waals surface area contributed by atoms with Gasteiger partial charge in [0.2, 0.25) is 0 Å². The highest BCUT2D eigenvalue weighted by Gasteiger charge is 2.15.